The second-order valence-corrected chi connectivity index (χ2v) is 7.60. The number of hydrogen-bond donors (Lipinski definition) is 0. The molecule has 26 heavy (non-hydrogen) atoms. The molecule has 3 rings (SSSR count). The summed E-state index contributed by atoms with van der Waals surface area (Å²) in [6.45, 7) is 0.515. The van der Waals surface area contributed by atoms with E-state index in [-0.39, 0.29) is 0 Å². The van der Waals surface area contributed by atoms with Crippen molar-refractivity contribution in [2.75, 3.05) is 19.5 Å². The number of thioether (sulfide) groups is 1. The second kappa shape index (κ2) is 9.30. The van der Waals surface area contributed by atoms with Gasteiger partial charge in [0, 0.05) is 10.8 Å². The van der Waals surface area contributed by atoms with Crippen molar-refractivity contribution in [3.05, 3.63) is 63.4 Å². The molecule has 0 spiro atoms. The van der Waals surface area contributed by atoms with E-state index in [9.17, 15) is 0 Å². The van der Waals surface area contributed by atoms with Crippen molar-refractivity contribution >= 4 is 39.3 Å². The van der Waals surface area contributed by atoms with Crippen molar-refractivity contribution in [3.63, 3.8) is 0 Å². The molecule has 0 N–H and O–H groups in total. The summed E-state index contributed by atoms with van der Waals surface area (Å²) in [5, 5.41) is 9.34. The number of benzene rings is 2. The Balaban J connectivity index is 1.46. The molecule has 0 atom stereocenters. The van der Waals surface area contributed by atoms with Gasteiger partial charge in [-0.05, 0) is 51.8 Å². The minimum absolute atomic E-state index is 0.515. The topological polar surface area (TPSA) is 57.4 Å². The van der Waals surface area contributed by atoms with E-state index < -0.39 is 0 Å². The van der Waals surface area contributed by atoms with Crippen molar-refractivity contribution in [3.8, 4) is 11.5 Å². The number of rotatable bonds is 8. The highest BCUT2D eigenvalue weighted by molar-refractivity contribution is 9.10. The third kappa shape index (κ3) is 5.40. The summed E-state index contributed by atoms with van der Waals surface area (Å²) in [4.78, 5) is 0. The Morgan fingerprint density at radius 3 is 2.69 bits per heavy atom. The second-order valence-electron chi connectivity index (χ2n) is 5.26. The van der Waals surface area contributed by atoms with Gasteiger partial charge in [0.25, 0.3) is 5.22 Å². The maximum Gasteiger partial charge on any atom is 0.276 e. The average molecular weight is 456 g/mol. The Kier molecular flexibility index (Phi) is 6.82. The molecule has 0 aliphatic rings. The van der Waals surface area contributed by atoms with Gasteiger partial charge < -0.3 is 13.9 Å². The van der Waals surface area contributed by atoms with Gasteiger partial charge in [-0.1, -0.05) is 35.5 Å². The molecule has 0 aliphatic heterocycles. The summed E-state index contributed by atoms with van der Waals surface area (Å²) >= 11 is 10.8. The van der Waals surface area contributed by atoms with Gasteiger partial charge in [-0.15, -0.1) is 10.2 Å². The minimum atomic E-state index is 0.515. The maximum absolute atomic E-state index is 5.91. The zero-order valence-electron chi connectivity index (χ0n) is 13.9. The molecule has 0 bridgehead atoms. The fourth-order valence-corrected chi connectivity index (χ4v) is 3.55. The normalized spacial score (nSPS) is 10.7. The van der Waals surface area contributed by atoms with Gasteiger partial charge >= 0.3 is 0 Å². The van der Waals surface area contributed by atoms with Crippen LogP contribution in [0.2, 0.25) is 5.02 Å². The lowest BCUT2D eigenvalue weighted by Gasteiger charge is -2.07. The number of ether oxygens (including phenoxy) is 2. The highest BCUT2D eigenvalue weighted by Crippen LogP contribution is 2.28. The zero-order valence-corrected chi connectivity index (χ0v) is 17.1. The minimum Gasteiger partial charge on any atom is -0.497 e. The number of halogens is 2. The lowest BCUT2D eigenvalue weighted by Crippen LogP contribution is -2.00. The number of methoxy groups -OCH3 is 1. The summed E-state index contributed by atoms with van der Waals surface area (Å²) in [7, 11) is 1.64. The smallest absolute Gasteiger partial charge is 0.276 e. The predicted octanol–water partition coefficient (Wildman–Crippen LogP) is 5.26. The molecule has 3 aromatic rings. The van der Waals surface area contributed by atoms with Crippen molar-refractivity contribution in [2.24, 2.45) is 0 Å². The first-order valence-corrected chi connectivity index (χ1v) is 9.95. The van der Waals surface area contributed by atoms with E-state index in [0.29, 0.717) is 34.9 Å². The van der Waals surface area contributed by atoms with Gasteiger partial charge in [-0.25, -0.2) is 0 Å². The first kappa shape index (κ1) is 19.1. The standard InChI is InChI=1S/C18H16BrClN2O3S/c1-23-14-5-2-12(3-6-14)10-17-21-22-18(25-17)26-9-8-24-16-7-4-13(20)11-15(16)19/h2-7,11H,8-10H2,1H3. The molecule has 136 valence electrons. The van der Waals surface area contributed by atoms with Gasteiger partial charge in [0.1, 0.15) is 11.5 Å². The Morgan fingerprint density at radius 1 is 1.15 bits per heavy atom. The van der Waals surface area contributed by atoms with Gasteiger partial charge in [0.15, 0.2) is 0 Å². The number of hydrogen-bond acceptors (Lipinski definition) is 6. The van der Waals surface area contributed by atoms with Gasteiger partial charge in [0.05, 0.1) is 24.6 Å². The summed E-state index contributed by atoms with van der Waals surface area (Å²) in [6, 6.07) is 13.2. The molecular formula is C18H16BrClN2O3S. The summed E-state index contributed by atoms with van der Waals surface area (Å²) in [6.07, 6.45) is 0.589. The summed E-state index contributed by atoms with van der Waals surface area (Å²) in [5.74, 6) is 2.85. The number of aromatic nitrogens is 2. The predicted molar refractivity (Wildman–Crippen MR) is 105 cm³/mol. The molecule has 0 saturated carbocycles. The zero-order chi connectivity index (χ0) is 18.4. The molecule has 2 aromatic carbocycles. The van der Waals surface area contributed by atoms with Crippen LogP contribution in [0.1, 0.15) is 11.5 Å². The lowest BCUT2D eigenvalue weighted by atomic mass is 10.1. The molecule has 0 radical (unpaired) electrons. The molecule has 0 amide bonds. The van der Waals surface area contributed by atoms with E-state index in [2.05, 4.69) is 26.1 Å². The van der Waals surface area contributed by atoms with Crippen LogP contribution in [0.5, 0.6) is 11.5 Å². The highest BCUT2D eigenvalue weighted by atomic mass is 79.9. The molecular weight excluding hydrogens is 440 g/mol. The van der Waals surface area contributed by atoms with Crippen LogP contribution in [0, 0.1) is 0 Å². The first-order valence-electron chi connectivity index (χ1n) is 7.80. The molecule has 1 heterocycles. The maximum atomic E-state index is 5.91. The Morgan fingerprint density at radius 2 is 1.96 bits per heavy atom. The van der Waals surface area contributed by atoms with E-state index in [1.807, 2.05) is 30.3 Å². The molecule has 0 fully saturated rings. The average Bonchev–Trinajstić information content (AvgIpc) is 3.08. The van der Waals surface area contributed by atoms with E-state index in [4.69, 9.17) is 25.5 Å². The molecule has 0 unspecified atom stereocenters. The molecule has 0 saturated heterocycles. The SMILES string of the molecule is COc1ccc(Cc2nnc(SCCOc3ccc(Cl)cc3Br)o2)cc1. The van der Waals surface area contributed by atoms with Crippen LogP contribution in [0.25, 0.3) is 0 Å². The van der Waals surface area contributed by atoms with Crippen LogP contribution in [-0.2, 0) is 6.42 Å². The van der Waals surface area contributed by atoms with Crippen LogP contribution in [-0.4, -0.2) is 29.7 Å². The Bertz CT molecular complexity index is 858. The van der Waals surface area contributed by atoms with E-state index >= 15 is 0 Å². The summed E-state index contributed by atoms with van der Waals surface area (Å²) < 4.78 is 17.3. The third-order valence-corrected chi connectivity index (χ3v) is 5.06. The van der Waals surface area contributed by atoms with Crippen LogP contribution in [0.3, 0.4) is 0 Å². The Hall–Kier alpha value is -1.70. The fraction of sp³-hybridized carbons (Fsp3) is 0.222. The molecule has 8 heteroatoms. The molecule has 0 aliphatic carbocycles. The van der Waals surface area contributed by atoms with Gasteiger partial charge in [0.2, 0.25) is 5.89 Å². The van der Waals surface area contributed by atoms with Gasteiger partial charge in [-0.3, -0.25) is 0 Å². The quantitative estimate of drug-likeness (QED) is 0.341. The van der Waals surface area contributed by atoms with Crippen molar-refractivity contribution in [1.29, 1.82) is 0 Å². The van der Waals surface area contributed by atoms with Crippen LogP contribution >= 0.6 is 39.3 Å². The number of nitrogens with zero attached hydrogens (tertiary/aromatic N) is 2. The third-order valence-electron chi connectivity index (χ3n) is 3.42. The van der Waals surface area contributed by atoms with E-state index in [0.717, 1.165) is 21.5 Å². The van der Waals surface area contributed by atoms with Crippen LogP contribution in [0.15, 0.2) is 56.6 Å². The van der Waals surface area contributed by atoms with Crippen LogP contribution < -0.4 is 9.47 Å². The summed E-state index contributed by atoms with van der Waals surface area (Å²) in [5.41, 5.74) is 1.09. The Labute approximate surface area is 169 Å². The first-order chi connectivity index (χ1) is 12.6. The van der Waals surface area contributed by atoms with Crippen molar-refractivity contribution in [1.82, 2.24) is 10.2 Å². The van der Waals surface area contributed by atoms with E-state index in [1.165, 1.54) is 11.8 Å². The fourth-order valence-electron chi connectivity index (χ4n) is 2.16. The molecule has 5 nitrogen and oxygen atoms in total. The largest absolute Gasteiger partial charge is 0.497 e. The lowest BCUT2D eigenvalue weighted by molar-refractivity contribution is 0.340. The van der Waals surface area contributed by atoms with Crippen LogP contribution in [0.4, 0.5) is 0 Å². The monoisotopic (exact) mass is 454 g/mol. The highest BCUT2D eigenvalue weighted by Gasteiger charge is 2.08. The van der Waals surface area contributed by atoms with Crippen molar-refractivity contribution < 1.29 is 13.9 Å². The molecule has 1 aromatic heterocycles. The van der Waals surface area contributed by atoms with Gasteiger partial charge in [-0.2, -0.15) is 0 Å². The van der Waals surface area contributed by atoms with Crippen molar-refractivity contribution in [2.45, 2.75) is 11.6 Å². The van der Waals surface area contributed by atoms with E-state index in [1.54, 1.807) is 19.2 Å².